The summed E-state index contributed by atoms with van der Waals surface area (Å²) in [6.45, 7) is 0. The van der Waals surface area contributed by atoms with Crippen LogP contribution in [0.3, 0.4) is 0 Å². The van der Waals surface area contributed by atoms with E-state index in [1.165, 1.54) is 24.3 Å². The maximum atomic E-state index is 13.9. The molecule has 0 aliphatic rings. The van der Waals surface area contributed by atoms with Gasteiger partial charge in [-0.25, -0.2) is 17.2 Å². The Morgan fingerprint density at radius 3 is 2.54 bits per heavy atom. The van der Waals surface area contributed by atoms with Crippen LogP contribution in [0.5, 0.6) is 0 Å². The fourth-order valence-electron chi connectivity index (χ4n) is 2.26. The van der Waals surface area contributed by atoms with E-state index < -0.39 is 21.7 Å². The summed E-state index contributed by atoms with van der Waals surface area (Å²) in [7, 11) is -4.13. The quantitative estimate of drug-likeness (QED) is 0.693. The number of nitriles is 1. The predicted octanol–water partition coefficient (Wildman–Crippen LogP) is 4.29. The highest BCUT2D eigenvalue weighted by atomic mass is 35.5. The molecule has 1 heterocycles. The van der Waals surface area contributed by atoms with Gasteiger partial charge in [-0.05, 0) is 42.5 Å². The summed E-state index contributed by atoms with van der Waals surface area (Å²) in [5.41, 5.74) is 0.0562. The minimum Gasteiger partial charge on any atom is -0.360 e. The van der Waals surface area contributed by atoms with Crippen molar-refractivity contribution in [3.63, 3.8) is 0 Å². The highest BCUT2D eigenvalue weighted by molar-refractivity contribution is 7.92. The van der Waals surface area contributed by atoms with E-state index in [9.17, 15) is 17.2 Å². The van der Waals surface area contributed by atoms with Gasteiger partial charge in [0.15, 0.2) is 0 Å². The fourth-order valence-corrected chi connectivity index (χ4v) is 3.49. The van der Waals surface area contributed by atoms with Crippen molar-refractivity contribution in [3.05, 3.63) is 70.9 Å². The second kappa shape index (κ2) is 6.78. The van der Waals surface area contributed by atoms with Crippen LogP contribution in [0.15, 0.2) is 53.6 Å². The van der Waals surface area contributed by atoms with E-state index in [0.717, 1.165) is 24.4 Å². The van der Waals surface area contributed by atoms with E-state index in [4.69, 9.17) is 16.9 Å². The van der Waals surface area contributed by atoms with Crippen LogP contribution in [-0.2, 0) is 10.0 Å². The molecule has 0 bridgehead atoms. The van der Waals surface area contributed by atoms with E-state index in [0.29, 0.717) is 0 Å². The number of rotatable bonds is 4. The van der Waals surface area contributed by atoms with Gasteiger partial charge >= 0.3 is 0 Å². The molecule has 0 atom stereocenters. The SMILES string of the molecule is N#Cc1ccc(NS(=O)(=O)c2c[nH]c(-c3cc(Cl)ccc3F)c2)c(F)c1. The number of nitrogens with one attached hydrogen (secondary N) is 2. The molecule has 2 aromatic carbocycles. The zero-order valence-electron chi connectivity index (χ0n) is 12.9. The van der Waals surface area contributed by atoms with Gasteiger partial charge in [-0.3, -0.25) is 4.72 Å². The maximum absolute atomic E-state index is 13.9. The first kappa shape index (κ1) is 17.9. The summed E-state index contributed by atoms with van der Waals surface area (Å²) in [5.74, 6) is -1.46. The van der Waals surface area contributed by atoms with Crippen molar-refractivity contribution in [1.82, 2.24) is 4.98 Å². The van der Waals surface area contributed by atoms with Crippen molar-refractivity contribution < 1.29 is 17.2 Å². The number of H-pyrrole nitrogens is 1. The van der Waals surface area contributed by atoms with Gasteiger partial charge in [-0.1, -0.05) is 11.6 Å². The molecule has 0 saturated carbocycles. The van der Waals surface area contributed by atoms with Crippen molar-refractivity contribution in [2.24, 2.45) is 0 Å². The minimum absolute atomic E-state index is 0.0609. The molecule has 0 unspecified atom stereocenters. The van der Waals surface area contributed by atoms with Crippen LogP contribution in [0.4, 0.5) is 14.5 Å². The van der Waals surface area contributed by atoms with Crippen LogP contribution in [-0.4, -0.2) is 13.4 Å². The summed E-state index contributed by atoms with van der Waals surface area (Å²) in [6.07, 6.45) is 1.15. The number of hydrogen-bond donors (Lipinski definition) is 2. The number of nitrogens with zero attached hydrogens (tertiary/aromatic N) is 1. The molecule has 132 valence electrons. The highest BCUT2D eigenvalue weighted by Crippen LogP contribution is 2.28. The van der Waals surface area contributed by atoms with Gasteiger partial charge in [-0.2, -0.15) is 5.26 Å². The molecule has 0 aliphatic heterocycles. The van der Waals surface area contributed by atoms with Crippen LogP contribution in [0.25, 0.3) is 11.3 Å². The second-order valence-corrected chi connectivity index (χ2v) is 7.40. The van der Waals surface area contributed by atoms with E-state index in [2.05, 4.69) is 9.71 Å². The first-order valence-corrected chi connectivity index (χ1v) is 9.02. The number of aromatic amines is 1. The van der Waals surface area contributed by atoms with E-state index in [1.54, 1.807) is 6.07 Å². The van der Waals surface area contributed by atoms with Crippen molar-refractivity contribution >= 4 is 27.3 Å². The number of sulfonamides is 1. The number of hydrogen-bond acceptors (Lipinski definition) is 3. The van der Waals surface area contributed by atoms with Gasteiger partial charge in [0.25, 0.3) is 10.0 Å². The van der Waals surface area contributed by atoms with Gasteiger partial charge in [-0.15, -0.1) is 0 Å². The van der Waals surface area contributed by atoms with Crippen LogP contribution in [0, 0.1) is 23.0 Å². The number of halogens is 3. The van der Waals surface area contributed by atoms with Gasteiger partial charge in [0.05, 0.1) is 17.3 Å². The average molecular weight is 394 g/mol. The van der Waals surface area contributed by atoms with Crippen LogP contribution in [0.2, 0.25) is 5.02 Å². The van der Waals surface area contributed by atoms with Crippen LogP contribution >= 0.6 is 11.6 Å². The Bertz CT molecular complexity index is 1140. The zero-order chi connectivity index (χ0) is 18.9. The lowest BCUT2D eigenvalue weighted by molar-refractivity contribution is 0.598. The largest absolute Gasteiger partial charge is 0.360 e. The van der Waals surface area contributed by atoms with Crippen molar-refractivity contribution in [2.75, 3.05) is 4.72 Å². The van der Waals surface area contributed by atoms with Crippen LogP contribution < -0.4 is 4.72 Å². The Labute approximate surface area is 152 Å². The maximum Gasteiger partial charge on any atom is 0.263 e. The Hall–Kier alpha value is -2.89. The fraction of sp³-hybridized carbons (Fsp3) is 0. The third-order valence-corrected chi connectivity index (χ3v) is 5.11. The summed E-state index contributed by atoms with van der Waals surface area (Å²) in [4.78, 5) is 2.45. The number of anilines is 1. The first-order valence-electron chi connectivity index (χ1n) is 7.16. The van der Waals surface area contributed by atoms with Crippen molar-refractivity contribution in [1.29, 1.82) is 5.26 Å². The molecular weight excluding hydrogens is 384 g/mol. The lowest BCUT2D eigenvalue weighted by Gasteiger charge is -2.07. The van der Waals surface area contributed by atoms with Crippen molar-refractivity contribution in [3.8, 4) is 17.3 Å². The van der Waals surface area contributed by atoms with Gasteiger partial charge in [0.2, 0.25) is 0 Å². The summed E-state index contributed by atoms with van der Waals surface area (Å²) >= 11 is 5.84. The smallest absolute Gasteiger partial charge is 0.263 e. The molecule has 2 N–H and O–H groups in total. The van der Waals surface area contributed by atoms with Gasteiger partial charge in [0.1, 0.15) is 16.5 Å². The molecule has 26 heavy (non-hydrogen) atoms. The van der Waals surface area contributed by atoms with Crippen molar-refractivity contribution in [2.45, 2.75) is 4.90 Å². The standard InChI is InChI=1S/C17H10ClF2N3O2S/c18-11-2-3-14(19)13(6-11)17-7-12(9-22-17)26(24,25)23-16-4-1-10(8-21)5-15(16)20/h1-7,9,22-23H. The van der Waals surface area contributed by atoms with Crippen LogP contribution in [0.1, 0.15) is 5.56 Å². The summed E-state index contributed by atoms with van der Waals surface area (Å²) < 4.78 is 54.8. The second-order valence-electron chi connectivity index (χ2n) is 5.29. The molecule has 0 radical (unpaired) electrons. The number of aromatic nitrogens is 1. The third kappa shape index (κ3) is 3.54. The molecule has 0 amide bonds. The summed E-state index contributed by atoms with van der Waals surface area (Å²) in [5, 5.41) is 9.01. The lowest BCUT2D eigenvalue weighted by atomic mass is 10.1. The Kier molecular flexibility index (Phi) is 4.68. The molecule has 3 aromatic rings. The molecule has 9 heteroatoms. The van der Waals surface area contributed by atoms with E-state index in [1.807, 2.05) is 0 Å². The monoisotopic (exact) mass is 393 g/mol. The van der Waals surface area contributed by atoms with Gasteiger partial charge in [0, 0.05) is 22.5 Å². The summed E-state index contributed by atoms with van der Waals surface area (Å²) in [6, 6.07) is 10.2. The molecule has 5 nitrogen and oxygen atoms in total. The molecular formula is C17H10ClF2N3O2S. The lowest BCUT2D eigenvalue weighted by Crippen LogP contribution is -2.13. The Balaban J connectivity index is 1.93. The molecule has 0 fully saturated rings. The Morgan fingerprint density at radius 1 is 1.08 bits per heavy atom. The Morgan fingerprint density at radius 2 is 1.85 bits per heavy atom. The topological polar surface area (TPSA) is 85.8 Å². The molecule has 0 saturated heterocycles. The van der Waals surface area contributed by atoms with Gasteiger partial charge < -0.3 is 4.98 Å². The van der Waals surface area contributed by atoms with E-state index >= 15 is 0 Å². The molecule has 1 aromatic heterocycles. The highest BCUT2D eigenvalue weighted by Gasteiger charge is 2.19. The molecule has 0 aliphatic carbocycles. The normalized spacial score (nSPS) is 11.2. The average Bonchev–Trinajstić information content (AvgIpc) is 3.09. The molecule has 3 rings (SSSR count). The predicted molar refractivity (Wildman–Crippen MR) is 93.1 cm³/mol. The first-order chi connectivity index (χ1) is 12.3. The minimum atomic E-state index is -4.13. The van der Waals surface area contributed by atoms with E-state index in [-0.39, 0.29) is 32.4 Å². The molecule has 0 spiro atoms. The number of benzene rings is 2. The third-order valence-electron chi connectivity index (χ3n) is 3.53. The zero-order valence-corrected chi connectivity index (χ0v) is 14.5.